The minimum atomic E-state index is -0.118. The summed E-state index contributed by atoms with van der Waals surface area (Å²) in [6.45, 7) is 1.94. The van der Waals surface area contributed by atoms with E-state index in [1.165, 1.54) is 0 Å². The van der Waals surface area contributed by atoms with Crippen LogP contribution in [0.25, 0.3) is 0 Å². The fraction of sp³-hybridized carbons (Fsp3) is 0.364. The second-order valence-electron chi connectivity index (χ2n) is 3.55. The monoisotopic (exact) mass is 260 g/mol. The Balaban J connectivity index is 2.59. The largest absolute Gasteiger partial charge is 0.327 e. The van der Waals surface area contributed by atoms with Crippen molar-refractivity contribution in [3.05, 3.63) is 28.2 Å². The molecule has 0 spiro atoms. The Morgan fingerprint density at radius 3 is 2.69 bits per heavy atom. The van der Waals surface area contributed by atoms with Crippen LogP contribution >= 0.6 is 23.2 Å². The smallest absolute Gasteiger partial charge is 0.225 e. The summed E-state index contributed by atoms with van der Waals surface area (Å²) in [5, 5.41) is 3.59. The molecule has 0 heterocycles. The Morgan fingerprint density at radius 1 is 1.44 bits per heavy atom. The number of anilines is 1. The molecule has 0 aliphatic carbocycles. The summed E-state index contributed by atoms with van der Waals surface area (Å²) in [5.74, 6) is -0.118. The Hall–Kier alpha value is -0.770. The molecule has 0 aliphatic rings. The molecule has 5 heteroatoms. The molecule has 3 N–H and O–H groups in total. The van der Waals surface area contributed by atoms with Gasteiger partial charge < -0.3 is 11.1 Å². The standard InChI is InChI=1S/C11H14Cl2N2O/c1-2-7(14)5-11(16)15-8-3-4-9(12)10(13)6-8/h3-4,6-7H,2,5,14H2,1H3,(H,15,16). The van der Waals surface area contributed by atoms with Crippen LogP contribution < -0.4 is 11.1 Å². The first-order valence-electron chi connectivity index (χ1n) is 5.03. The zero-order valence-corrected chi connectivity index (χ0v) is 10.5. The summed E-state index contributed by atoms with van der Waals surface area (Å²) in [6, 6.07) is 4.84. The predicted octanol–water partition coefficient (Wildman–Crippen LogP) is 3.06. The second-order valence-corrected chi connectivity index (χ2v) is 4.36. The van der Waals surface area contributed by atoms with Gasteiger partial charge in [0.05, 0.1) is 10.0 Å². The molecule has 0 radical (unpaired) electrons. The van der Waals surface area contributed by atoms with E-state index in [-0.39, 0.29) is 11.9 Å². The van der Waals surface area contributed by atoms with Gasteiger partial charge in [-0.25, -0.2) is 0 Å². The van der Waals surface area contributed by atoms with Crippen molar-refractivity contribution in [3.63, 3.8) is 0 Å². The van der Waals surface area contributed by atoms with Crippen molar-refractivity contribution in [2.75, 3.05) is 5.32 Å². The molecule has 0 aliphatic heterocycles. The Labute approximate surface area is 105 Å². The van der Waals surface area contributed by atoms with Crippen molar-refractivity contribution < 1.29 is 4.79 Å². The molecule has 0 saturated carbocycles. The Morgan fingerprint density at radius 2 is 2.12 bits per heavy atom. The summed E-state index contributed by atoms with van der Waals surface area (Å²) < 4.78 is 0. The van der Waals surface area contributed by atoms with E-state index >= 15 is 0 Å². The molecule has 1 rings (SSSR count). The highest BCUT2D eigenvalue weighted by atomic mass is 35.5. The molecular formula is C11H14Cl2N2O. The SMILES string of the molecule is CCC(N)CC(=O)Nc1ccc(Cl)c(Cl)c1. The van der Waals surface area contributed by atoms with Crippen molar-refractivity contribution in [3.8, 4) is 0 Å². The van der Waals surface area contributed by atoms with E-state index in [1.807, 2.05) is 6.92 Å². The molecule has 1 unspecified atom stereocenters. The van der Waals surface area contributed by atoms with Gasteiger partial charge in [0.2, 0.25) is 5.91 Å². The first-order chi connectivity index (χ1) is 7.52. The molecule has 0 aromatic heterocycles. The van der Waals surface area contributed by atoms with E-state index in [0.717, 1.165) is 6.42 Å². The summed E-state index contributed by atoms with van der Waals surface area (Å²) in [5.41, 5.74) is 6.30. The summed E-state index contributed by atoms with van der Waals surface area (Å²) in [6.07, 6.45) is 1.07. The van der Waals surface area contributed by atoms with Crippen LogP contribution in [0.1, 0.15) is 19.8 Å². The van der Waals surface area contributed by atoms with Crippen molar-refractivity contribution in [1.29, 1.82) is 0 Å². The lowest BCUT2D eigenvalue weighted by Gasteiger charge is -2.09. The Bertz CT molecular complexity index is 382. The number of nitrogens with one attached hydrogen (secondary N) is 1. The van der Waals surface area contributed by atoms with E-state index in [2.05, 4.69) is 5.32 Å². The van der Waals surface area contributed by atoms with Crippen LogP contribution in [-0.4, -0.2) is 11.9 Å². The molecule has 1 amide bonds. The number of carbonyl (C=O) groups is 1. The van der Waals surface area contributed by atoms with Crippen LogP contribution in [0.3, 0.4) is 0 Å². The average Bonchev–Trinajstić information content (AvgIpc) is 2.23. The number of amides is 1. The van der Waals surface area contributed by atoms with E-state index in [0.29, 0.717) is 22.2 Å². The summed E-state index contributed by atoms with van der Waals surface area (Å²) >= 11 is 11.6. The number of rotatable bonds is 4. The van der Waals surface area contributed by atoms with Crippen LogP contribution in [-0.2, 0) is 4.79 Å². The van der Waals surface area contributed by atoms with E-state index in [9.17, 15) is 4.79 Å². The Kier molecular flexibility index (Phi) is 5.06. The normalized spacial score (nSPS) is 12.2. The number of hydrogen-bond donors (Lipinski definition) is 2. The van der Waals surface area contributed by atoms with Crippen LogP contribution in [0, 0.1) is 0 Å². The highest BCUT2D eigenvalue weighted by Crippen LogP contribution is 2.25. The summed E-state index contributed by atoms with van der Waals surface area (Å²) in [7, 11) is 0. The molecule has 1 aromatic carbocycles. The highest BCUT2D eigenvalue weighted by molar-refractivity contribution is 6.42. The minimum absolute atomic E-state index is 0.109. The fourth-order valence-corrected chi connectivity index (χ4v) is 1.47. The van der Waals surface area contributed by atoms with Crippen LogP contribution in [0.4, 0.5) is 5.69 Å². The van der Waals surface area contributed by atoms with Crippen molar-refractivity contribution >= 4 is 34.8 Å². The minimum Gasteiger partial charge on any atom is -0.327 e. The van der Waals surface area contributed by atoms with Crippen LogP contribution in [0.15, 0.2) is 18.2 Å². The summed E-state index contributed by atoms with van der Waals surface area (Å²) in [4.78, 5) is 11.5. The quantitative estimate of drug-likeness (QED) is 0.875. The first-order valence-corrected chi connectivity index (χ1v) is 5.79. The molecule has 0 saturated heterocycles. The van der Waals surface area contributed by atoms with Gasteiger partial charge >= 0.3 is 0 Å². The topological polar surface area (TPSA) is 55.1 Å². The van der Waals surface area contributed by atoms with Gasteiger partial charge in [-0.05, 0) is 24.6 Å². The number of halogens is 2. The second kappa shape index (κ2) is 6.09. The maximum atomic E-state index is 11.5. The third-order valence-corrected chi connectivity index (χ3v) is 2.91. The van der Waals surface area contributed by atoms with E-state index < -0.39 is 0 Å². The van der Waals surface area contributed by atoms with E-state index in [1.54, 1.807) is 18.2 Å². The van der Waals surface area contributed by atoms with E-state index in [4.69, 9.17) is 28.9 Å². The van der Waals surface area contributed by atoms with Gasteiger partial charge in [-0.15, -0.1) is 0 Å². The van der Waals surface area contributed by atoms with Crippen molar-refractivity contribution in [2.24, 2.45) is 5.73 Å². The molecular weight excluding hydrogens is 247 g/mol. The average molecular weight is 261 g/mol. The van der Waals surface area contributed by atoms with Crippen molar-refractivity contribution in [2.45, 2.75) is 25.8 Å². The highest BCUT2D eigenvalue weighted by Gasteiger charge is 2.08. The van der Waals surface area contributed by atoms with Crippen LogP contribution in [0.2, 0.25) is 10.0 Å². The van der Waals surface area contributed by atoms with Gasteiger partial charge in [0.25, 0.3) is 0 Å². The first kappa shape index (κ1) is 13.3. The molecule has 0 fully saturated rings. The van der Waals surface area contributed by atoms with Crippen molar-refractivity contribution in [1.82, 2.24) is 0 Å². The fourth-order valence-electron chi connectivity index (χ4n) is 1.17. The lowest BCUT2D eigenvalue weighted by molar-refractivity contribution is -0.116. The van der Waals surface area contributed by atoms with Gasteiger partial charge in [-0.1, -0.05) is 30.1 Å². The zero-order valence-electron chi connectivity index (χ0n) is 8.97. The van der Waals surface area contributed by atoms with Crippen LogP contribution in [0.5, 0.6) is 0 Å². The number of benzene rings is 1. The molecule has 88 valence electrons. The van der Waals surface area contributed by atoms with Gasteiger partial charge in [0.1, 0.15) is 0 Å². The lowest BCUT2D eigenvalue weighted by Crippen LogP contribution is -2.26. The number of hydrogen-bond acceptors (Lipinski definition) is 2. The predicted molar refractivity (Wildman–Crippen MR) is 68.0 cm³/mol. The lowest BCUT2D eigenvalue weighted by atomic mass is 10.1. The third kappa shape index (κ3) is 4.00. The molecule has 3 nitrogen and oxygen atoms in total. The maximum absolute atomic E-state index is 11.5. The van der Waals surface area contributed by atoms with Gasteiger partial charge in [0, 0.05) is 18.2 Å². The van der Waals surface area contributed by atoms with Gasteiger partial charge in [-0.3, -0.25) is 4.79 Å². The maximum Gasteiger partial charge on any atom is 0.225 e. The number of nitrogens with two attached hydrogens (primary N) is 1. The molecule has 16 heavy (non-hydrogen) atoms. The number of carbonyl (C=O) groups excluding carboxylic acids is 1. The third-order valence-electron chi connectivity index (χ3n) is 2.18. The van der Waals surface area contributed by atoms with Gasteiger partial charge in [0.15, 0.2) is 0 Å². The molecule has 1 atom stereocenters. The van der Waals surface area contributed by atoms with Gasteiger partial charge in [-0.2, -0.15) is 0 Å². The zero-order chi connectivity index (χ0) is 12.1. The molecule has 0 bridgehead atoms. The molecule has 1 aromatic rings.